The molecule has 4 N–H and O–H groups in total. The molecule has 246 valence electrons. The van der Waals surface area contributed by atoms with Crippen LogP contribution >= 0.6 is 0 Å². The smallest absolute Gasteiger partial charge is 0.166 e. The van der Waals surface area contributed by atoms with Gasteiger partial charge in [0.25, 0.3) is 0 Å². The molecule has 7 nitrogen and oxygen atoms in total. The number of ketones is 1. The van der Waals surface area contributed by atoms with Crippen LogP contribution in [0.3, 0.4) is 0 Å². The first kappa shape index (κ1) is 33.7. The standard InChI is InChI=1S/C37H57NO6/c1-26-8-6-17-36(2)34(16-18-37(36,43)25-38(22-30(41)24-39)23-31-11-7-19-44-31)32-15-13-27(20-29(40)14-12-26)21-33(32)35(42)28-9-4-3-5-10-28/h8,13,15,21,28-31,34,39-41,43H,3-7,9-12,14,16-20,22-25H2,1-2H3/t29-,30-,31+,34-,36-,37+/m0/s1. The Morgan fingerprint density at radius 1 is 1.09 bits per heavy atom. The Morgan fingerprint density at radius 2 is 1.89 bits per heavy atom. The van der Waals surface area contributed by atoms with Gasteiger partial charge in [-0.1, -0.05) is 50.0 Å². The van der Waals surface area contributed by atoms with E-state index < -0.39 is 23.2 Å². The Morgan fingerprint density at radius 3 is 2.61 bits per heavy atom. The largest absolute Gasteiger partial charge is 0.394 e. The number of nitrogens with zero attached hydrogens (tertiary/aromatic N) is 1. The normalized spacial score (nSPS) is 32.8. The van der Waals surface area contributed by atoms with Gasteiger partial charge in [-0.25, -0.2) is 0 Å². The summed E-state index contributed by atoms with van der Waals surface area (Å²) in [7, 11) is 0. The molecule has 3 fully saturated rings. The van der Waals surface area contributed by atoms with E-state index in [4.69, 9.17) is 4.74 Å². The fraction of sp³-hybridized carbons (Fsp3) is 0.757. The Kier molecular flexibility index (Phi) is 11.4. The number of fused-ring (bicyclic) bond motifs is 8. The van der Waals surface area contributed by atoms with Crippen LogP contribution in [0.5, 0.6) is 0 Å². The van der Waals surface area contributed by atoms with Gasteiger partial charge >= 0.3 is 0 Å². The van der Waals surface area contributed by atoms with E-state index in [1.165, 1.54) is 12.0 Å². The maximum Gasteiger partial charge on any atom is 0.166 e. The molecule has 4 aliphatic carbocycles. The molecular formula is C37H57NO6. The monoisotopic (exact) mass is 611 g/mol. The fourth-order valence-electron chi connectivity index (χ4n) is 8.80. The molecule has 2 saturated carbocycles. The number of carbonyl (C=O) groups is 1. The van der Waals surface area contributed by atoms with Crippen LogP contribution < -0.4 is 0 Å². The first-order chi connectivity index (χ1) is 21.1. The van der Waals surface area contributed by atoms with Crippen molar-refractivity contribution in [3.63, 3.8) is 0 Å². The zero-order valence-electron chi connectivity index (χ0n) is 27.2. The molecular weight excluding hydrogens is 554 g/mol. The van der Waals surface area contributed by atoms with Gasteiger partial charge in [0.15, 0.2) is 5.78 Å². The minimum absolute atomic E-state index is 0.00185. The lowest BCUT2D eigenvalue weighted by atomic mass is 9.64. The zero-order chi connectivity index (χ0) is 31.3. The van der Waals surface area contributed by atoms with Gasteiger partial charge in [0.1, 0.15) is 0 Å². The van der Waals surface area contributed by atoms with Crippen molar-refractivity contribution in [1.82, 2.24) is 4.90 Å². The number of carbonyl (C=O) groups excluding carboxylic acids is 1. The molecule has 0 amide bonds. The van der Waals surface area contributed by atoms with Crippen LogP contribution in [-0.4, -0.2) is 87.9 Å². The number of Topliss-reactive ketones (excluding diaryl/α,β-unsaturated/α-hetero) is 1. The highest BCUT2D eigenvalue weighted by molar-refractivity contribution is 5.99. The first-order valence-corrected chi connectivity index (χ1v) is 17.5. The molecule has 6 rings (SSSR count). The number of allylic oxidation sites excluding steroid dienone is 2. The third-order valence-corrected chi connectivity index (χ3v) is 11.6. The van der Waals surface area contributed by atoms with E-state index in [2.05, 4.69) is 43.0 Å². The third kappa shape index (κ3) is 7.67. The second-order valence-corrected chi connectivity index (χ2v) is 14.8. The second-order valence-electron chi connectivity index (χ2n) is 14.8. The predicted octanol–water partition coefficient (Wildman–Crippen LogP) is 5.32. The summed E-state index contributed by atoms with van der Waals surface area (Å²) in [5.74, 6) is 0.279. The van der Waals surface area contributed by atoms with E-state index in [1.807, 2.05) is 0 Å². The van der Waals surface area contributed by atoms with Crippen molar-refractivity contribution in [1.29, 1.82) is 0 Å². The number of hydrogen-bond donors (Lipinski definition) is 4. The number of ether oxygens (including phenoxy) is 1. The topological polar surface area (TPSA) is 110 Å². The Bertz CT molecular complexity index is 1140. The van der Waals surface area contributed by atoms with Gasteiger partial charge in [0, 0.05) is 43.1 Å². The fourth-order valence-corrected chi connectivity index (χ4v) is 8.80. The lowest BCUT2D eigenvalue weighted by molar-refractivity contribution is -0.0945. The summed E-state index contributed by atoms with van der Waals surface area (Å²) in [5, 5.41) is 43.8. The van der Waals surface area contributed by atoms with Gasteiger partial charge in [-0.2, -0.15) is 0 Å². The van der Waals surface area contributed by atoms with E-state index >= 15 is 0 Å². The van der Waals surface area contributed by atoms with Crippen molar-refractivity contribution in [3.8, 4) is 0 Å². The molecule has 7 heteroatoms. The minimum atomic E-state index is -1.05. The molecule has 1 aliphatic heterocycles. The lowest BCUT2D eigenvalue weighted by Gasteiger charge is -2.46. The highest BCUT2D eigenvalue weighted by Crippen LogP contribution is 2.59. The van der Waals surface area contributed by atoms with Crippen LogP contribution in [0.2, 0.25) is 0 Å². The molecule has 1 aromatic rings. The number of rotatable bonds is 9. The maximum absolute atomic E-state index is 14.2. The summed E-state index contributed by atoms with van der Waals surface area (Å²) >= 11 is 0. The number of hydrogen-bond acceptors (Lipinski definition) is 7. The van der Waals surface area contributed by atoms with Crippen LogP contribution in [0.25, 0.3) is 0 Å². The van der Waals surface area contributed by atoms with Crippen molar-refractivity contribution in [2.75, 3.05) is 32.8 Å². The quantitative estimate of drug-likeness (QED) is 0.221. The molecule has 0 spiro atoms. The third-order valence-electron chi connectivity index (χ3n) is 11.6. The molecule has 0 radical (unpaired) electrons. The van der Waals surface area contributed by atoms with Gasteiger partial charge in [-0.3, -0.25) is 9.69 Å². The number of benzene rings is 1. The Labute approximate surface area is 264 Å². The van der Waals surface area contributed by atoms with Crippen LogP contribution in [0.1, 0.15) is 125 Å². The maximum atomic E-state index is 14.2. The van der Waals surface area contributed by atoms with E-state index in [9.17, 15) is 25.2 Å². The van der Waals surface area contributed by atoms with E-state index in [1.54, 1.807) is 0 Å². The summed E-state index contributed by atoms with van der Waals surface area (Å²) in [6, 6.07) is 6.31. The molecule has 1 aromatic carbocycles. The van der Waals surface area contributed by atoms with Crippen LogP contribution in [0, 0.1) is 11.3 Å². The lowest BCUT2D eigenvalue weighted by Crippen LogP contribution is -2.55. The predicted molar refractivity (Wildman–Crippen MR) is 173 cm³/mol. The Hall–Kier alpha value is -1.61. The average molecular weight is 612 g/mol. The van der Waals surface area contributed by atoms with Crippen molar-refractivity contribution in [2.24, 2.45) is 11.3 Å². The summed E-state index contributed by atoms with van der Waals surface area (Å²) in [5.41, 5.74) is 2.55. The molecule has 2 bridgehead atoms. The van der Waals surface area contributed by atoms with Crippen LogP contribution in [0.15, 0.2) is 29.8 Å². The van der Waals surface area contributed by atoms with Crippen molar-refractivity contribution < 1.29 is 30.0 Å². The molecule has 5 aliphatic rings. The molecule has 6 atom stereocenters. The van der Waals surface area contributed by atoms with Crippen molar-refractivity contribution >= 4 is 5.78 Å². The molecule has 0 aromatic heterocycles. The van der Waals surface area contributed by atoms with E-state index in [0.717, 1.165) is 87.5 Å². The highest BCUT2D eigenvalue weighted by Gasteiger charge is 2.57. The second kappa shape index (κ2) is 14.9. The molecule has 1 saturated heterocycles. The summed E-state index contributed by atoms with van der Waals surface area (Å²) in [6.07, 6.45) is 13.2. The van der Waals surface area contributed by atoms with Crippen LogP contribution in [-0.2, 0) is 11.2 Å². The van der Waals surface area contributed by atoms with Gasteiger partial charge < -0.3 is 25.2 Å². The molecule has 1 heterocycles. The van der Waals surface area contributed by atoms with Gasteiger partial charge in [0.05, 0.1) is 30.5 Å². The Balaban J connectivity index is 1.53. The summed E-state index contributed by atoms with van der Waals surface area (Å²) in [6.45, 7) is 6.05. The summed E-state index contributed by atoms with van der Waals surface area (Å²) in [4.78, 5) is 16.3. The van der Waals surface area contributed by atoms with E-state index in [0.29, 0.717) is 32.4 Å². The molecule has 0 unspecified atom stereocenters. The van der Waals surface area contributed by atoms with Crippen molar-refractivity contribution in [3.05, 3.63) is 46.5 Å². The van der Waals surface area contributed by atoms with Crippen molar-refractivity contribution in [2.45, 2.75) is 134 Å². The van der Waals surface area contributed by atoms with Crippen LogP contribution in [0.4, 0.5) is 0 Å². The van der Waals surface area contributed by atoms with E-state index in [-0.39, 0.29) is 36.9 Å². The highest BCUT2D eigenvalue weighted by atomic mass is 16.5. The first-order valence-electron chi connectivity index (χ1n) is 17.5. The van der Waals surface area contributed by atoms with Gasteiger partial charge in [0.2, 0.25) is 0 Å². The number of aliphatic hydroxyl groups is 4. The summed E-state index contributed by atoms with van der Waals surface area (Å²) < 4.78 is 5.95. The minimum Gasteiger partial charge on any atom is -0.394 e. The SMILES string of the molecule is CC1=CCC[C@@]2(C)[C@@H](CC[C@@]2(O)CN(C[C@H](O)CO)C[C@H]2CCCO2)c2ccc(cc2C(=O)C2CCCCC2)C[C@@H](O)CC1. The number of aliphatic hydroxyl groups excluding tert-OH is 3. The average Bonchev–Trinajstić information content (AvgIpc) is 3.61. The van der Waals surface area contributed by atoms with Gasteiger partial charge in [-0.15, -0.1) is 0 Å². The zero-order valence-corrected chi connectivity index (χ0v) is 27.2. The molecule has 44 heavy (non-hydrogen) atoms. The van der Waals surface area contributed by atoms with Gasteiger partial charge in [-0.05, 0) is 101 Å².